The standard InChI is InChI=1S/C16H24N2O4.ClH/c1-20-11-9-14(21-2)12(15(10-11)22-3)6-8-18-16(19)13-5-4-7-17-13;/h9-10,13,17H,4-8H2,1-3H3,(H,18,19);1H. The maximum absolute atomic E-state index is 12.0. The van der Waals surface area contributed by atoms with E-state index in [2.05, 4.69) is 10.6 Å². The lowest BCUT2D eigenvalue weighted by Crippen LogP contribution is -2.41. The number of nitrogens with one attached hydrogen (secondary N) is 2. The molecule has 1 aliphatic heterocycles. The number of hydrogen-bond acceptors (Lipinski definition) is 5. The van der Waals surface area contributed by atoms with Crippen LogP contribution in [0.15, 0.2) is 12.1 Å². The second-order valence-electron chi connectivity index (χ2n) is 5.20. The van der Waals surface area contributed by atoms with Gasteiger partial charge in [0, 0.05) is 24.2 Å². The van der Waals surface area contributed by atoms with Crippen LogP contribution >= 0.6 is 12.4 Å². The summed E-state index contributed by atoms with van der Waals surface area (Å²) in [6.45, 7) is 1.45. The fourth-order valence-electron chi connectivity index (χ4n) is 2.67. The third-order valence-electron chi connectivity index (χ3n) is 3.87. The van der Waals surface area contributed by atoms with Crippen molar-refractivity contribution in [2.75, 3.05) is 34.4 Å². The van der Waals surface area contributed by atoms with E-state index in [1.807, 2.05) is 12.1 Å². The van der Waals surface area contributed by atoms with Crippen molar-refractivity contribution in [3.63, 3.8) is 0 Å². The van der Waals surface area contributed by atoms with E-state index < -0.39 is 0 Å². The lowest BCUT2D eigenvalue weighted by atomic mass is 10.1. The van der Waals surface area contributed by atoms with E-state index in [0.717, 1.165) is 24.9 Å². The van der Waals surface area contributed by atoms with Crippen molar-refractivity contribution in [2.45, 2.75) is 25.3 Å². The number of benzene rings is 1. The Kier molecular flexibility index (Phi) is 7.98. The van der Waals surface area contributed by atoms with E-state index in [9.17, 15) is 4.79 Å². The maximum Gasteiger partial charge on any atom is 0.237 e. The van der Waals surface area contributed by atoms with E-state index >= 15 is 0 Å². The van der Waals surface area contributed by atoms with E-state index in [1.165, 1.54) is 0 Å². The molecule has 1 saturated heterocycles. The van der Waals surface area contributed by atoms with Gasteiger partial charge in [0.1, 0.15) is 17.2 Å². The van der Waals surface area contributed by atoms with E-state index in [1.54, 1.807) is 21.3 Å². The second kappa shape index (κ2) is 9.47. The van der Waals surface area contributed by atoms with E-state index in [0.29, 0.717) is 30.2 Å². The van der Waals surface area contributed by atoms with Gasteiger partial charge in [-0.25, -0.2) is 0 Å². The molecule has 1 heterocycles. The molecular weight excluding hydrogens is 320 g/mol. The van der Waals surface area contributed by atoms with Crippen molar-refractivity contribution in [3.8, 4) is 17.2 Å². The molecule has 0 saturated carbocycles. The molecule has 23 heavy (non-hydrogen) atoms. The van der Waals surface area contributed by atoms with Gasteiger partial charge >= 0.3 is 0 Å². The first-order chi connectivity index (χ1) is 10.7. The number of hydrogen-bond donors (Lipinski definition) is 2. The van der Waals surface area contributed by atoms with Crippen molar-refractivity contribution in [1.82, 2.24) is 10.6 Å². The van der Waals surface area contributed by atoms with Gasteiger partial charge in [-0.05, 0) is 25.8 Å². The highest BCUT2D eigenvalue weighted by atomic mass is 35.5. The Morgan fingerprint density at radius 1 is 1.22 bits per heavy atom. The Hall–Kier alpha value is -1.66. The average molecular weight is 345 g/mol. The summed E-state index contributed by atoms with van der Waals surface area (Å²) in [5.41, 5.74) is 0.922. The Labute approximate surface area is 143 Å². The van der Waals surface area contributed by atoms with E-state index in [4.69, 9.17) is 14.2 Å². The highest BCUT2D eigenvalue weighted by molar-refractivity contribution is 5.85. The monoisotopic (exact) mass is 344 g/mol. The number of methoxy groups -OCH3 is 3. The van der Waals surface area contributed by atoms with Crippen molar-refractivity contribution >= 4 is 18.3 Å². The van der Waals surface area contributed by atoms with Crippen molar-refractivity contribution < 1.29 is 19.0 Å². The molecule has 0 bridgehead atoms. The highest BCUT2D eigenvalue weighted by Crippen LogP contribution is 2.34. The smallest absolute Gasteiger partial charge is 0.237 e. The van der Waals surface area contributed by atoms with Crippen LogP contribution in [-0.4, -0.2) is 46.4 Å². The summed E-state index contributed by atoms with van der Waals surface area (Å²) >= 11 is 0. The number of rotatable bonds is 7. The fraction of sp³-hybridized carbons (Fsp3) is 0.562. The molecule has 1 amide bonds. The topological polar surface area (TPSA) is 68.8 Å². The van der Waals surface area contributed by atoms with Gasteiger partial charge in [0.25, 0.3) is 0 Å². The number of ether oxygens (including phenoxy) is 3. The largest absolute Gasteiger partial charge is 0.496 e. The van der Waals surface area contributed by atoms with Crippen molar-refractivity contribution in [3.05, 3.63) is 17.7 Å². The molecule has 1 fully saturated rings. The van der Waals surface area contributed by atoms with Crippen LogP contribution in [0.1, 0.15) is 18.4 Å². The van der Waals surface area contributed by atoms with Crippen molar-refractivity contribution in [1.29, 1.82) is 0 Å². The van der Waals surface area contributed by atoms with Gasteiger partial charge in [-0.1, -0.05) is 0 Å². The lowest BCUT2D eigenvalue weighted by Gasteiger charge is -2.16. The molecular formula is C16H25ClN2O4. The summed E-state index contributed by atoms with van der Waals surface area (Å²) in [6.07, 6.45) is 2.59. The van der Waals surface area contributed by atoms with Crippen LogP contribution in [0.25, 0.3) is 0 Å². The Morgan fingerprint density at radius 3 is 2.35 bits per heavy atom. The molecule has 0 aromatic heterocycles. The van der Waals surface area contributed by atoms with Crippen LogP contribution in [0.3, 0.4) is 0 Å². The predicted molar refractivity (Wildman–Crippen MR) is 91.1 cm³/mol. The molecule has 1 unspecified atom stereocenters. The van der Waals surface area contributed by atoms with Crippen molar-refractivity contribution in [2.24, 2.45) is 0 Å². The summed E-state index contributed by atoms with van der Waals surface area (Å²) in [5, 5.41) is 6.15. The molecule has 7 heteroatoms. The van der Waals surface area contributed by atoms with Crippen LogP contribution in [-0.2, 0) is 11.2 Å². The zero-order chi connectivity index (χ0) is 15.9. The fourth-order valence-corrected chi connectivity index (χ4v) is 2.67. The second-order valence-corrected chi connectivity index (χ2v) is 5.20. The average Bonchev–Trinajstić information content (AvgIpc) is 3.09. The molecule has 130 valence electrons. The first kappa shape index (κ1) is 19.4. The zero-order valence-electron chi connectivity index (χ0n) is 13.8. The lowest BCUT2D eigenvalue weighted by molar-refractivity contribution is -0.122. The van der Waals surface area contributed by atoms with Gasteiger partial charge in [0.05, 0.1) is 27.4 Å². The van der Waals surface area contributed by atoms with Crippen LogP contribution in [0, 0.1) is 0 Å². The summed E-state index contributed by atoms with van der Waals surface area (Å²) in [7, 11) is 4.82. The predicted octanol–water partition coefficient (Wildman–Crippen LogP) is 1.54. The number of halogens is 1. The van der Waals surface area contributed by atoms with Gasteiger partial charge in [-0.15, -0.1) is 12.4 Å². The molecule has 2 N–H and O–H groups in total. The minimum absolute atomic E-state index is 0. The summed E-state index contributed by atoms with van der Waals surface area (Å²) in [5.74, 6) is 2.13. The molecule has 1 aliphatic rings. The molecule has 1 atom stereocenters. The Morgan fingerprint density at radius 2 is 1.87 bits per heavy atom. The Balaban J connectivity index is 0.00000264. The first-order valence-electron chi connectivity index (χ1n) is 7.49. The summed E-state index contributed by atoms with van der Waals surface area (Å²) in [4.78, 5) is 12.0. The molecule has 1 aromatic carbocycles. The molecule has 1 aromatic rings. The minimum atomic E-state index is -0.0559. The maximum atomic E-state index is 12.0. The third-order valence-corrected chi connectivity index (χ3v) is 3.87. The van der Waals surface area contributed by atoms with Crippen LogP contribution in [0.2, 0.25) is 0 Å². The number of carbonyl (C=O) groups excluding carboxylic acids is 1. The van der Waals surface area contributed by atoms with Gasteiger partial charge in [-0.2, -0.15) is 0 Å². The molecule has 2 rings (SSSR count). The molecule has 0 spiro atoms. The van der Waals surface area contributed by atoms with E-state index in [-0.39, 0.29) is 24.4 Å². The normalized spacial score (nSPS) is 16.4. The van der Waals surface area contributed by atoms with Gasteiger partial charge < -0.3 is 24.8 Å². The molecule has 0 aliphatic carbocycles. The zero-order valence-corrected chi connectivity index (χ0v) is 14.6. The van der Waals surface area contributed by atoms with Crippen LogP contribution in [0.5, 0.6) is 17.2 Å². The highest BCUT2D eigenvalue weighted by Gasteiger charge is 2.21. The molecule has 0 radical (unpaired) electrons. The molecule has 6 nitrogen and oxygen atoms in total. The Bertz CT molecular complexity index is 494. The quantitative estimate of drug-likeness (QED) is 0.785. The van der Waals surface area contributed by atoms with Gasteiger partial charge in [-0.3, -0.25) is 4.79 Å². The van der Waals surface area contributed by atoms with Gasteiger partial charge in [0.15, 0.2) is 0 Å². The minimum Gasteiger partial charge on any atom is -0.496 e. The SMILES string of the molecule is COc1cc(OC)c(CCNC(=O)C2CCCN2)c(OC)c1.Cl. The van der Waals surface area contributed by atoms with Crippen LogP contribution < -0.4 is 24.8 Å². The van der Waals surface area contributed by atoms with Crippen LogP contribution in [0.4, 0.5) is 0 Å². The van der Waals surface area contributed by atoms with Gasteiger partial charge in [0.2, 0.25) is 5.91 Å². The number of amides is 1. The third kappa shape index (κ3) is 4.91. The summed E-state index contributed by atoms with van der Waals surface area (Å²) in [6, 6.07) is 3.58. The number of carbonyl (C=O) groups is 1. The first-order valence-corrected chi connectivity index (χ1v) is 7.49. The summed E-state index contributed by atoms with van der Waals surface area (Å²) < 4.78 is 16.0.